The third-order valence-electron chi connectivity index (χ3n) is 3.19. The van der Waals surface area contributed by atoms with Crippen molar-refractivity contribution in [2.75, 3.05) is 12.4 Å². The summed E-state index contributed by atoms with van der Waals surface area (Å²) in [5, 5.41) is 9.02. The summed E-state index contributed by atoms with van der Waals surface area (Å²) >= 11 is 3.31. The van der Waals surface area contributed by atoms with Crippen molar-refractivity contribution in [3.63, 3.8) is 0 Å². The molecule has 1 unspecified atom stereocenters. The van der Waals surface area contributed by atoms with E-state index in [-0.39, 0.29) is 25.4 Å². The molecular weight excluding hydrogens is 394 g/mol. The molecule has 0 saturated carbocycles. The molecule has 0 heterocycles. The van der Waals surface area contributed by atoms with E-state index in [4.69, 9.17) is 9.84 Å². The van der Waals surface area contributed by atoms with Crippen molar-refractivity contribution in [3.8, 4) is 0 Å². The van der Waals surface area contributed by atoms with Gasteiger partial charge in [0.2, 0.25) is 0 Å². The Morgan fingerprint density at radius 3 is 2.42 bits per heavy atom. The molecule has 128 valence electrons. The lowest BCUT2D eigenvalue weighted by Crippen LogP contribution is -2.12. The largest absolute Gasteiger partial charge is 0.443 e. The van der Waals surface area contributed by atoms with Crippen LogP contribution < -0.4 is 0 Å². The smallest absolute Gasteiger partial charge is 0.442 e. The van der Waals surface area contributed by atoms with Crippen molar-refractivity contribution in [2.45, 2.75) is 17.9 Å². The molecule has 0 bridgehead atoms. The molecule has 1 N–H and O–H groups in total. The molecule has 7 heteroatoms. The molecule has 0 fully saturated rings. The normalized spacial score (nSPS) is 13.1. The molecule has 2 aromatic carbocycles. The SMILES string of the molecule is O=C(N=S(=O)(CCCO)c1ccc(Br)cc1)OCc1ccccc1. The summed E-state index contributed by atoms with van der Waals surface area (Å²) in [6.07, 6.45) is -0.589. The minimum atomic E-state index is -2.98. The summed E-state index contributed by atoms with van der Waals surface area (Å²) in [6, 6.07) is 16.0. The number of rotatable bonds is 6. The Morgan fingerprint density at radius 2 is 1.79 bits per heavy atom. The number of benzene rings is 2. The minimum absolute atomic E-state index is 0.0685. The number of amides is 1. The van der Waals surface area contributed by atoms with Gasteiger partial charge in [-0.15, -0.1) is 4.36 Å². The Bertz CT molecular complexity index is 784. The second kappa shape index (κ2) is 8.96. The first-order valence-corrected chi connectivity index (χ1v) is 9.83. The number of ether oxygens (including phenoxy) is 1. The average Bonchev–Trinajstić information content (AvgIpc) is 2.59. The van der Waals surface area contributed by atoms with Crippen LogP contribution in [0.25, 0.3) is 0 Å². The van der Waals surface area contributed by atoms with Crippen LogP contribution in [0, 0.1) is 0 Å². The fourth-order valence-electron chi connectivity index (χ4n) is 1.99. The van der Waals surface area contributed by atoms with Crippen LogP contribution in [0.3, 0.4) is 0 Å². The lowest BCUT2D eigenvalue weighted by molar-refractivity contribution is 0.151. The Morgan fingerprint density at radius 1 is 1.12 bits per heavy atom. The van der Waals surface area contributed by atoms with E-state index in [1.165, 1.54) is 0 Å². The van der Waals surface area contributed by atoms with Crippen LogP contribution >= 0.6 is 15.9 Å². The summed E-state index contributed by atoms with van der Waals surface area (Å²) in [6.45, 7) is -0.0544. The number of carbonyl (C=O) groups excluding carboxylic acids is 1. The maximum absolute atomic E-state index is 13.1. The first-order chi connectivity index (χ1) is 11.5. The first-order valence-electron chi connectivity index (χ1n) is 7.35. The van der Waals surface area contributed by atoms with Crippen molar-refractivity contribution in [3.05, 3.63) is 64.6 Å². The highest BCUT2D eigenvalue weighted by atomic mass is 79.9. The first kappa shape index (κ1) is 18.6. The molecule has 5 nitrogen and oxygen atoms in total. The van der Waals surface area contributed by atoms with E-state index in [1.54, 1.807) is 24.3 Å². The summed E-state index contributed by atoms with van der Waals surface area (Å²) in [7, 11) is -2.98. The van der Waals surface area contributed by atoms with Crippen molar-refractivity contribution in [1.82, 2.24) is 0 Å². The van der Waals surface area contributed by atoms with E-state index in [0.29, 0.717) is 4.90 Å². The predicted octanol–water partition coefficient (Wildman–Crippen LogP) is 4.00. The molecular formula is C17H18BrNO4S. The summed E-state index contributed by atoms with van der Waals surface area (Å²) < 4.78 is 22.8. The van der Waals surface area contributed by atoms with Gasteiger partial charge in [0.15, 0.2) is 0 Å². The molecule has 0 aliphatic rings. The third-order valence-corrected chi connectivity index (χ3v) is 6.01. The number of halogens is 1. The highest BCUT2D eigenvalue weighted by molar-refractivity contribution is 9.10. The number of aliphatic hydroxyl groups is 1. The van der Waals surface area contributed by atoms with E-state index in [1.807, 2.05) is 30.3 Å². The van der Waals surface area contributed by atoms with Gasteiger partial charge in [-0.2, -0.15) is 0 Å². The van der Waals surface area contributed by atoms with E-state index < -0.39 is 15.8 Å². The van der Waals surface area contributed by atoms with E-state index in [2.05, 4.69) is 20.3 Å². The second-order valence-corrected chi connectivity index (χ2v) is 8.27. The predicted molar refractivity (Wildman–Crippen MR) is 96.2 cm³/mol. The Hall–Kier alpha value is -1.70. The molecule has 1 atom stereocenters. The topological polar surface area (TPSA) is 76.0 Å². The lowest BCUT2D eigenvalue weighted by Gasteiger charge is -2.10. The van der Waals surface area contributed by atoms with Gasteiger partial charge in [-0.05, 0) is 36.2 Å². The summed E-state index contributed by atoms with van der Waals surface area (Å²) in [5.41, 5.74) is 0.826. The highest BCUT2D eigenvalue weighted by Crippen LogP contribution is 2.19. The minimum Gasteiger partial charge on any atom is -0.443 e. The van der Waals surface area contributed by atoms with Crippen molar-refractivity contribution < 1.29 is 18.8 Å². The molecule has 0 aliphatic heterocycles. The van der Waals surface area contributed by atoms with Crippen LogP contribution in [0.1, 0.15) is 12.0 Å². The highest BCUT2D eigenvalue weighted by Gasteiger charge is 2.16. The van der Waals surface area contributed by atoms with Gasteiger partial charge in [-0.25, -0.2) is 9.00 Å². The molecule has 0 saturated heterocycles. The zero-order valence-corrected chi connectivity index (χ0v) is 15.3. The molecule has 0 radical (unpaired) electrons. The fourth-order valence-corrected chi connectivity index (χ4v) is 4.06. The third kappa shape index (κ3) is 5.43. The van der Waals surface area contributed by atoms with E-state index in [0.717, 1.165) is 10.0 Å². The maximum Gasteiger partial charge on any atom is 0.442 e. The van der Waals surface area contributed by atoms with Crippen LogP contribution in [0.4, 0.5) is 4.79 Å². The number of hydrogen-bond acceptors (Lipinski definition) is 4. The fraction of sp³-hybridized carbons (Fsp3) is 0.235. The van der Waals surface area contributed by atoms with Gasteiger partial charge in [0.1, 0.15) is 6.61 Å². The number of aliphatic hydroxyl groups excluding tert-OH is 1. The van der Waals surface area contributed by atoms with Crippen molar-refractivity contribution in [2.24, 2.45) is 4.36 Å². The number of nitrogens with zero attached hydrogens (tertiary/aromatic N) is 1. The van der Waals surface area contributed by atoms with Crippen LogP contribution in [0.5, 0.6) is 0 Å². The van der Waals surface area contributed by atoms with Crippen LogP contribution in [0.2, 0.25) is 0 Å². The van der Waals surface area contributed by atoms with Gasteiger partial charge in [0.25, 0.3) is 0 Å². The second-order valence-electron chi connectivity index (χ2n) is 5.01. The van der Waals surface area contributed by atoms with E-state index >= 15 is 0 Å². The standard InChI is InChI=1S/C17H18BrNO4S/c18-15-7-9-16(10-8-15)24(22,12-4-11-20)19-17(21)23-13-14-5-2-1-3-6-14/h1-3,5-10,20H,4,11-13H2. The molecule has 0 spiro atoms. The van der Waals surface area contributed by atoms with Gasteiger partial charge in [-0.1, -0.05) is 46.3 Å². The number of hydrogen-bond donors (Lipinski definition) is 1. The monoisotopic (exact) mass is 411 g/mol. The Labute approximate surface area is 150 Å². The van der Waals surface area contributed by atoms with Crippen LogP contribution in [0.15, 0.2) is 68.3 Å². The van der Waals surface area contributed by atoms with Crippen molar-refractivity contribution in [1.29, 1.82) is 0 Å². The molecule has 0 aliphatic carbocycles. The molecule has 2 rings (SSSR count). The van der Waals surface area contributed by atoms with Crippen LogP contribution in [-0.2, 0) is 21.1 Å². The van der Waals surface area contributed by atoms with Gasteiger partial charge in [0, 0.05) is 21.7 Å². The average molecular weight is 412 g/mol. The molecule has 0 aromatic heterocycles. The van der Waals surface area contributed by atoms with Gasteiger partial charge in [0.05, 0.1) is 9.73 Å². The molecule has 24 heavy (non-hydrogen) atoms. The zero-order valence-electron chi connectivity index (χ0n) is 12.9. The van der Waals surface area contributed by atoms with Gasteiger partial charge >= 0.3 is 6.09 Å². The van der Waals surface area contributed by atoms with Gasteiger partial charge < -0.3 is 9.84 Å². The molecule has 2 aromatic rings. The van der Waals surface area contributed by atoms with E-state index in [9.17, 15) is 9.00 Å². The summed E-state index contributed by atoms with van der Waals surface area (Å²) in [5.74, 6) is 0.0889. The quantitative estimate of drug-likeness (QED) is 0.779. The van der Waals surface area contributed by atoms with Gasteiger partial charge in [-0.3, -0.25) is 0 Å². The lowest BCUT2D eigenvalue weighted by atomic mass is 10.2. The maximum atomic E-state index is 13.1. The number of carbonyl (C=O) groups is 1. The Kier molecular flexibility index (Phi) is 6.96. The van der Waals surface area contributed by atoms with Crippen LogP contribution in [-0.4, -0.2) is 27.8 Å². The summed E-state index contributed by atoms with van der Waals surface area (Å²) in [4.78, 5) is 12.4. The van der Waals surface area contributed by atoms with Crippen molar-refractivity contribution >= 4 is 31.8 Å². The molecule has 1 amide bonds. The Balaban J connectivity index is 2.19. The zero-order chi connectivity index (χ0) is 17.4.